The van der Waals surface area contributed by atoms with E-state index in [4.69, 9.17) is 23.7 Å². The van der Waals surface area contributed by atoms with Crippen LogP contribution in [0.25, 0.3) is 0 Å². The van der Waals surface area contributed by atoms with Crippen LogP contribution in [0.3, 0.4) is 0 Å². The summed E-state index contributed by atoms with van der Waals surface area (Å²) in [5, 5.41) is 10.1. The van der Waals surface area contributed by atoms with Gasteiger partial charge in [0.25, 0.3) is 0 Å². The molecule has 35 heavy (non-hydrogen) atoms. The minimum Gasteiger partial charge on any atom is -0.450 e. The molecule has 7 heteroatoms. The van der Waals surface area contributed by atoms with Gasteiger partial charge in [-0.05, 0) is 23.3 Å². The summed E-state index contributed by atoms with van der Waals surface area (Å²) in [7, 11) is 1.46. The zero-order chi connectivity index (χ0) is 24.5. The number of rotatable bonds is 10. The first-order valence-corrected chi connectivity index (χ1v) is 11.6. The van der Waals surface area contributed by atoms with Crippen LogP contribution >= 0.6 is 0 Å². The van der Waals surface area contributed by atoms with E-state index >= 15 is 0 Å². The van der Waals surface area contributed by atoms with E-state index in [0.717, 1.165) is 11.1 Å². The highest BCUT2D eigenvalue weighted by Gasteiger charge is 2.50. The molecule has 184 valence electrons. The Bertz CT molecular complexity index is 1030. The van der Waals surface area contributed by atoms with Gasteiger partial charge in [0, 0.05) is 7.11 Å². The second-order valence-corrected chi connectivity index (χ2v) is 8.22. The highest BCUT2D eigenvalue weighted by Crippen LogP contribution is 2.30. The van der Waals surface area contributed by atoms with Crippen molar-refractivity contribution in [2.75, 3.05) is 13.7 Å². The van der Waals surface area contributed by atoms with Crippen molar-refractivity contribution in [1.82, 2.24) is 0 Å². The van der Waals surface area contributed by atoms with Gasteiger partial charge in [0.2, 0.25) is 0 Å². The summed E-state index contributed by atoms with van der Waals surface area (Å²) in [6, 6.07) is 28.0. The maximum Gasteiger partial charge on any atom is 0.338 e. The molecule has 0 spiro atoms. The second-order valence-electron chi connectivity index (χ2n) is 8.22. The van der Waals surface area contributed by atoms with Gasteiger partial charge in [-0.3, -0.25) is 0 Å². The van der Waals surface area contributed by atoms with E-state index < -0.39 is 36.7 Å². The molecular weight excluding hydrogens is 448 g/mol. The summed E-state index contributed by atoms with van der Waals surface area (Å²) in [5.41, 5.74) is 2.30. The number of aliphatic hydroxyl groups excluding tert-OH is 1. The van der Waals surface area contributed by atoms with Crippen LogP contribution in [0.4, 0.5) is 0 Å². The Hall–Kier alpha value is -3.07. The third kappa shape index (κ3) is 6.54. The van der Waals surface area contributed by atoms with Gasteiger partial charge in [-0.15, -0.1) is 0 Å². The van der Waals surface area contributed by atoms with Crippen molar-refractivity contribution in [2.24, 2.45) is 0 Å². The Morgan fingerprint density at radius 2 is 1.29 bits per heavy atom. The average molecular weight is 479 g/mol. The van der Waals surface area contributed by atoms with E-state index in [1.165, 1.54) is 7.11 Å². The molecule has 4 rings (SSSR count). The normalized spacial score (nSPS) is 24.1. The molecule has 0 amide bonds. The maximum atomic E-state index is 13.0. The maximum absolute atomic E-state index is 13.0. The number of hydrogen-bond donors (Lipinski definition) is 1. The van der Waals surface area contributed by atoms with Crippen LogP contribution in [0.1, 0.15) is 21.5 Å². The standard InChI is InChI=1S/C28H30O7/c1-31-28-26(35-27(30)22-15-9-4-10-16-22)25(33-19-21-13-7-3-8-14-21)24(23(17-29)34-28)32-18-20-11-5-2-6-12-20/h2-16,23-26,28-29H,17-19H2,1H3/t23?,24-,25-,26+,28?/m0/s1. The molecule has 0 aromatic heterocycles. The van der Waals surface area contributed by atoms with Crippen LogP contribution in [0.15, 0.2) is 91.0 Å². The topological polar surface area (TPSA) is 83.5 Å². The summed E-state index contributed by atoms with van der Waals surface area (Å²) >= 11 is 0. The molecule has 7 nitrogen and oxygen atoms in total. The van der Waals surface area contributed by atoms with E-state index in [0.29, 0.717) is 5.56 Å². The number of ether oxygens (including phenoxy) is 5. The van der Waals surface area contributed by atoms with Crippen molar-refractivity contribution >= 4 is 5.97 Å². The molecular formula is C28H30O7. The molecule has 5 atom stereocenters. The number of benzene rings is 3. The first kappa shape index (κ1) is 25.0. The Morgan fingerprint density at radius 1 is 0.771 bits per heavy atom. The lowest BCUT2D eigenvalue weighted by atomic mass is 9.98. The summed E-state index contributed by atoms with van der Waals surface area (Å²) < 4.78 is 29.9. The SMILES string of the molecule is COC1OC(CO)[C@H](OCc2ccccc2)[C@H](OCc2ccccc2)[C@H]1OC(=O)c1ccccc1. The number of carbonyl (C=O) groups excluding carboxylic acids is 1. The molecule has 2 unspecified atom stereocenters. The Balaban J connectivity index is 1.60. The van der Waals surface area contributed by atoms with Gasteiger partial charge in [-0.1, -0.05) is 78.9 Å². The molecule has 1 N–H and O–H groups in total. The van der Waals surface area contributed by atoms with Crippen molar-refractivity contribution in [3.63, 3.8) is 0 Å². The molecule has 1 aliphatic rings. The molecule has 1 aliphatic heterocycles. The first-order chi connectivity index (χ1) is 17.2. The molecule has 0 saturated carbocycles. The van der Waals surface area contributed by atoms with Crippen LogP contribution in [0.2, 0.25) is 0 Å². The fourth-order valence-corrected chi connectivity index (χ4v) is 4.03. The largest absolute Gasteiger partial charge is 0.450 e. The monoisotopic (exact) mass is 478 g/mol. The van der Waals surface area contributed by atoms with Crippen LogP contribution in [0, 0.1) is 0 Å². The number of methoxy groups -OCH3 is 1. The number of esters is 1. The van der Waals surface area contributed by atoms with Crippen molar-refractivity contribution in [1.29, 1.82) is 0 Å². The summed E-state index contributed by atoms with van der Waals surface area (Å²) in [6.07, 6.45) is -4.10. The second kappa shape index (κ2) is 12.6. The van der Waals surface area contributed by atoms with Crippen molar-refractivity contribution in [3.05, 3.63) is 108 Å². The van der Waals surface area contributed by atoms with Gasteiger partial charge in [0.05, 0.1) is 25.4 Å². The van der Waals surface area contributed by atoms with E-state index in [9.17, 15) is 9.90 Å². The molecule has 0 bridgehead atoms. The molecule has 1 heterocycles. The minimum absolute atomic E-state index is 0.255. The fourth-order valence-electron chi connectivity index (χ4n) is 4.03. The molecule has 1 fully saturated rings. The predicted molar refractivity (Wildman–Crippen MR) is 128 cm³/mol. The van der Waals surface area contributed by atoms with Gasteiger partial charge in [-0.25, -0.2) is 4.79 Å². The van der Waals surface area contributed by atoms with Gasteiger partial charge >= 0.3 is 5.97 Å². The summed E-state index contributed by atoms with van der Waals surface area (Å²) in [4.78, 5) is 13.0. The molecule has 1 saturated heterocycles. The third-order valence-electron chi connectivity index (χ3n) is 5.83. The highest BCUT2D eigenvalue weighted by atomic mass is 16.7. The van der Waals surface area contributed by atoms with E-state index in [-0.39, 0.29) is 19.8 Å². The molecule has 0 radical (unpaired) electrons. The van der Waals surface area contributed by atoms with Crippen LogP contribution < -0.4 is 0 Å². The zero-order valence-electron chi connectivity index (χ0n) is 19.6. The quantitative estimate of drug-likeness (QED) is 0.445. The summed E-state index contributed by atoms with van der Waals surface area (Å²) in [5.74, 6) is -0.529. The highest BCUT2D eigenvalue weighted by molar-refractivity contribution is 5.89. The van der Waals surface area contributed by atoms with Gasteiger partial charge in [0.1, 0.15) is 18.3 Å². The Kier molecular flexibility index (Phi) is 9.00. The van der Waals surface area contributed by atoms with Gasteiger partial charge < -0.3 is 28.8 Å². The van der Waals surface area contributed by atoms with Gasteiger partial charge in [-0.2, -0.15) is 0 Å². The molecule has 0 aliphatic carbocycles. The first-order valence-electron chi connectivity index (χ1n) is 11.6. The smallest absolute Gasteiger partial charge is 0.338 e. The van der Waals surface area contributed by atoms with Crippen molar-refractivity contribution in [2.45, 2.75) is 43.9 Å². The van der Waals surface area contributed by atoms with E-state index in [1.54, 1.807) is 24.3 Å². The average Bonchev–Trinajstić information content (AvgIpc) is 2.92. The van der Waals surface area contributed by atoms with Crippen molar-refractivity contribution < 1.29 is 33.6 Å². The van der Waals surface area contributed by atoms with Crippen molar-refractivity contribution in [3.8, 4) is 0 Å². The Morgan fingerprint density at radius 3 is 1.80 bits per heavy atom. The summed E-state index contributed by atoms with van der Waals surface area (Å²) in [6.45, 7) is 0.210. The van der Waals surface area contributed by atoms with Crippen LogP contribution in [0.5, 0.6) is 0 Å². The fraction of sp³-hybridized carbons (Fsp3) is 0.321. The van der Waals surface area contributed by atoms with E-state index in [2.05, 4.69) is 0 Å². The number of hydrogen-bond acceptors (Lipinski definition) is 7. The third-order valence-corrected chi connectivity index (χ3v) is 5.83. The number of carbonyl (C=O) groups is 1. The lowest BCUT2D eigenvalue weighted by Gasteiger charge is -2.44. The van der Waals surface area contributed by atoms with Gasteiger partial charge in [0.15, 0.2) is 12.4 Å². The lowest BCUT2D eigenvalue weighted by molar-refractivity contribution is -0.310. The predicted octanol–water partition coefficient (Wildman–Crippen LogP) is 3.75. The Labute approximate surface area is 205 Å². The minimum atomic E-state index is -0.947. The van der Waals surface area contributed by atoms with Crippen LogP contribution in [-0.4, -0.2) is 55.5 Å². The van der Waals surface area contributed by atoms with E-state index in [1.807, 2.05) is 66.7 Å². The lowest BCUT2D eigenvalue weighted by Crippen LogP contribution is -2.61. The number of aliphatic hydroxyl groups is 1. The zero-order valence-corrected chi connectivity index (χ0v) is 19.6. The molecule has 3 aromatic rings. The van der Waals surface area contributed by atoms with Crippen LogP contribution in [-0.2, 0) is 36.9 Å². The molecule has 3 aromatic carbocycles.